The molecule has 0 unspecified atom stereocenters. The predicted octanol–water partition coefficient (Wildman–Crippen LogP) is 3.96. The van der Waals surface area contributed by atoms with Gasteiger partial charge >= 0.3 is 0 Å². The molecule has 1 aromatic rings. The molecule has 0 amide bonds. The predicted molar refractivity (Wildman–Crippen MR) is 110 cm³/mol. The van der Waals surface area contributed by atoms with Gasteiger partial charge in [0.1, 0.15) is 0 Å². The average Bonchev–Trinajstić information content (AvgIpc) is 3.08. The number of nitrogens with zero attached hydrogens (tertiary/aromatic N) is 2. The first-order valence-corrected chi connectivity index (χ1v) is 10.6. The molecule has 0 aromatic heterocycles. The van der Waals surface area contributed by atoms with Crippen LogP contribution in [0.3, 0.4) is 0 Å². The maximum absolute atomic E-state index is 3.79. The van der Waals surface area contributed by atoms with Gasteiger partial charge in [0, 0.05) is 56.1 Å². The maximum atomic E-state index is 3.79. The van der Waals surface area contributed by atoms with Crippen molar-refractivity contribution in [1.29, 1.82) is 0 Å². The van der Waals surface area contributed by atoms with Gasteiger partial charge in [0.2, 0.25) is 0 Å². The Labute approximate surface area is 157 Å². The molecule has 1 N–H and O–H groups in total. The lowest BCUT2D eigenvalue weighted by Crippen LogP contribution is -2.46. The van der Waals surface area contributed by atoms with Gasteiger partial charge in [0.15, 0.2) is 0 Å². The lowest BCUT2D eigenvalue weighted by atomic mass is 9.84. The van der Waals surface area contributed by atoms with E-state index in [4.69, 9.17) is 0 Å². The number of fused-ring (bicyclic) bond motifs is 3. The lowest BCUT2D eigenvalue weighted by Gasteiger charge is -2.37. The fourth-order valence-electron chi connectivity index (χ4n) is 5.43. The van der Waals surface area contributed by atoms with Crippen molar-refractivity contribution < 1.29 is 0 Å². The molecule has 1 aromatic carbocycles. The normalized spacial score (nSPS) is 22.9. The molecule has 0 radical (unpaired) electrons. The zero-order valence-corrected chi connectivity index (χ0v) is 16.1. The molecule has 138 valence electrons. The third-order valence-corrected chi connectivity index (χ3v) is 6.75. The van der Waals surface area contributed by atoms with Gasteiger partial charge in [-0.15, -0.1) is 0 Å². The molecule has 2 aliphatic heterocycles. The average molecular weight is 350 g/mol. The van der Waals surface area contributed by atoms with Crippen molar-refractivity contribution >= 4 is 11.4 Å². The molecule has 5 rings (SSSR count). The Bertz CT molecular complexity index is 766. The van der Waals surface area contributed by atoms with E-state index in [1.165, 1.54) is 81.8 Å². The highest BCUT2D eigenvalue weighted by Crippen LogP contribution is 2.45. The van der Waals surface area contributed by atoms with Crippen molar-refractivity contribution in [2.45, 2.75) is 45.4 Å². The van der Waals surface area contributed by atoms with E-state index in [0.717, 1.165) is 13.0 Å². The Hall–Kier alpha value is -1.74. The Balaban J connectivity index is 1.42. The summed E-state index contributed by atoms with van der Waals surface area (Å²) in [5.41, 5.74) is 11.0. The molecule has 3 heteroatoms. The van der Waals surface area contributed by atoms with E-state index < -0.39 is 0 Å². The van der Waals surface area contributed by atoms with Crippen LogP contribution in [0.4, 0.5) is 5.69 Å². The highest BCUT2D eigenvalue weighted by molar-refractivity contribution is 5.84. The molecule has 2 heterocycles. The number of benzene rings is 1. The molecular weight excluding hydrogens is 318 g/mol. The van der Waals surface area contributed by atoms with E-state index >= 15 is 0 Å². The van der Waals surface area contributed by atoms with Crippen molar-refractivity contribution in [1.82, 2.24) is 10.2 Å². The SMILES string of the molecule is CCCN1CCN(c2cccc3c2CC2=C3NCC3=C2CCCC3)CC1. The van der Waals surface area contributed by atoms with Gasteiger partial charge in [0.25, 0.3) is 0 Å². The minimum Gasteiger partial charge on any atom is -0.381 e. The Morgan fingerprint density at radius 1 is 1.00 bits per heavy atom. The summed E-state index contributed by atoms with van der Waals surface area (Å²) in [5.74, 6) is 0. The number of hydrogen-bond acceptors (Lipinski definition) is 3. The number of piperazine rings is 1. The molecule has 0 saturated carbocycles. The Kier molecular flexibility index (Phi) is 4.28. The maximum Gasteiger partial charge on any atom is 0.0458 e. The second-order valence-corrected chi connectivity index (χ2v) is 8.31. The second-order valence-electron chi connectivity index (χ2n) is 8.31. The first-order valence-electron chi connectivity index (χ1n) is 10.6. The van der Waals surface area contributed by atoms with E-state index in [9.17, 15) is 0 Å². The third-order valence-electron chi connectivity index (χ3n) is 6.75. The number of hydrogen-bond donors (Lipinski definition) is 1. The van der Waals surface area contributed by atoms with Crippen LogP contribution in [0.25, 0.3) is 5.70 Å². The first kappa shape index (κ1) is 16.4. The standard InChI is InChI=1S/C23H31N3/c1-2-10-25-11-13-26(14-12-25)22-9-5-8-19-20(22)15-21-18-7-4-3-6-17(18)16-24-23(19)21/h5,8-9,24H,2-4,6-7,10-16H2,1H3. The van der Waals surface area contributed by atoms with E-state index in [0.29, 0.717) is 0 Å². The van der Waals surface area contributed by atoms with Crippen LogP contribution >= 0.6 is 0 Å². The van der Waals surface area contributed by atoms with Gasteiger partial charge < -0.3 is 10.2 Å². The fourth-order valence-corrected chi connectivity index (χ4v) is 5.43. The number of nitrogens with one attached hydrogen (secondary N) is 1. The van der Waals surface area contributed by atoms with Crippen LogP contribution in [0, 0.1) is 0 Å². The lowest BCUT2D eigenvalue weighted by molar-refractivity contribution is 0.258. The van der Waals surface area contributed by atoms with Gasteiger partial charge in [-0.25, -0.2) is 0 Å². The highest BCUT2D eigenvalue weighted by atomic mass is 15.3. The number of dihydropyridines is 1. The Morgan fingerprint density at radius 3 is 2.69 bits per heavy atom. The molecule has 1 saturated heterocycles. The van der Waals surface area contributed by atoms with Crippen molar-refractivity contribution in [2.24, 2.45) is 0 Å². The van der Waals surface area contributed by atoms with Crippen molar-refractivity contribution in [3.05, 3.63) is 46.0 Å². The third kappa shape index (κ3) is 2.68. The molecule has 3 nitrogen and oxygen atoms in total. The van der Waals surface area contributed by atoms with E-state index in [2.05, 4.69) is 40.2 Å². The zero-order valence-electron chi connectivity index (χ0n) is 16.1. The summed E-state index contributed by atoms with van der Waals surface area (Å²) >= 11 is 0. The number of anilines is 1. The summed E-state index contributed by atoms with van der Waals surface area (Å²) in [6.07, 6.45) is 7.76. The topological polar surface area (TPSA) is 18.5 Å². The van der Waals surface area contributed by atoms with Crippen LogP contribution in [-0.2, 0) is 6.42 Å². The molecule has 1 fully saturated rings. The van der Waals surface area contributed by atoms with E-state index in [1.54, 1.807) is 22.3 Å². The fraction of sp³-hybridized carbons (Fsp3) is 0.565. The van der Waals surface area contributed by atoms with E-state index in [-0.39, 0.29) is 0 Å². The van der Waals surface area contributed by atoms with Crippen molar-refractivity contribution in [3.8, 4) is 0 Å². The summed E-state index contributed by atoms with van der Waals surface area (Å²) < 4.78 is 0. The minimum atomic E-state index is 1.08. The minimum absolute atomic E-state index is 1.08. The molecule has 26 heavy (non-hydrogen) atoms. The summed E-state index contributed by atoms with van der Waals surface area (Å²) in [6.45, 7) is 9.36. The molecule has 2 aliphatic carbocycles. The molecular formula is C23H31N3. The quantitative estimate of drug-likeness (QED) is 0.891. The smallest absolute Gasteiger partial charge is 0.0458 e. The van der Waals surface area contributed by atoms with Crippen molar-refractivity contribution in [2.75, 3.05) is 44.2 Å². The number of allylic oxidation sites excluding steroid dienone is 2. The summed E-state index contributed by atoms with van der Waals surface area (Å²) in [7, 11) is 0. The molecule has 4 aliphatic rings. The Morgan fingerprint density at radius 2 is 1.85 bits per heavy atom. The van der Waals surface area contributed by atoms with E-state index in [1.807, 2.05) is 0 Å². The van der Waals surface area contributed by atoms with Crippen LogP contribution in [0.15, 0.2) is 34.9 Å². The van der Waals surface area contributed by atoms with Crippen LogP contribution < -0.4 is 10.2 Å². The van der Waals surface area contributed by atoms with Gasteiger partial charge in [-0.3, -0.25) is 4.90 Å². The van der Waals surface area contributed by atoms with Crippen molar-refractivity contribution in [3.63, 3.8) is 0 Å². The molecule has 0 bridgehead atoms. The molecule has 0 spiro atoms. The summed E-state index contributed by atoms with van der Waals surface area (Å²) in [6, 6.07) is 6.98. The molecule has 0 atom stereocenters. The van der Waals surface area contributed by atoms with Gasteiger partial charge in [-0.05, 0) is 67.0 Å². The largest absolute Gasteiger partial charge is 0.381 e. The van der Waals surface area contributed by atoms with Gasteiger partial charge in [-0.1, -0.05) is 19.1 Å². The van der Waals surface area contributed by atoms with Gasteiger partial charge in [0.05, 0.1) is 0 Å². The van der Waals surface area contributed by atoms with Gasteiger partial charge in [-0.2, -0.15) is 0 Å². The van der Waals surface area contributed by atoms with Crippen LogP contribution in [0.1, 0.15) is 50.2 Å². The first-order chi connectivity index (χ1) is 12.8. The highest BCUT2D eigenvalue weighted by Gasteiger charge is 2.32. The summed E-state index contributed by atoms with van der Waals surface area (Å²) in [5, 5.41) is 3.79. The zero-order chi connectivity index (χ0) is 17.5. The van der Waals surface area contributed by atoms with Crippen LogP contribution in [-0.4, -0.2) is 44.2 Å². The van der Waals surface area contributed by atoms with Crippen LogP contribution in [0.5, 0.6) is 0 Å². The van der Waals surface area contributed by atoms with Crippen LogP contribution in [0.2, 0.25) is 0 Å². The second kappa shape index (κ2) is 6.77. The summed E-state index contributed by atoms with van der Waals surface area (Å²) in [4.78, 5) is 5.25. The number of rotatable bonds is 3. The monoisotopic (exact) mass is 349 g/mol.